The molecule has 1 N–H and O–H groups in total. The van der Waals surface area contributed by atoms with Gasteiger partial charge in [-0.2, -0.15) is 0 Å². The SMILES string of the molecule is O=C(O)OC1=C(SCCCc2ccc(F)cc2)N(Cc2ccc3ccccc3c2)CC=C1. The minimum Gasteiger partial charge on any atom is -0.449 e. The van der Waals surface area contributed by atoms with Crippen LogP contribution in [0.25, 0.3) is 10.8 Å². The molecule has 0 bridgehead atoms. The normalized spacial score (nSPS) is 13.6. The summed E-state index contributed by atoms with van der Waals surface area (Å²) in [5.41, 5.74) is 2.23. The quantitative estimate of drug-likeness (QED) is 0.311. The van der Waals surface area contributed by atoms with Crippen molar-refractivity contribution in [2.45, 2.75) is 19.4 Å². The number of allylic oxidation sites excluding steroid dienone is 1. The van der Waals surface area contributed by atoms with Crippen molar-refractivity contribution >= 4 is 28.7 Å². The Morgan fingerprint density at radius 3 is 2.56 bits per heavy atom. The predicted octanol–water partition coefficient (Wildman–Crippen LogP) is 6.58. The van der Waals surface area contributed by atoms with E-state index in [9.17, 15) is 14.3 Å². The lowest BCUT2D eigenvalue weighted by Gasteiger charge is -2.29. The van der Waals surface area contributed by atoms with Crippen LogP contribution in [0.15, 0.2) is 89.7 Å². The minimum absolute atomic E-state index is 0.234. The highest BCUT2D eigenvalue weighted by Gasteiger charge is 2.21. The summed E-state index contributed by atoms with van der Waals surface area (Å²) in [4.78, 5) is 13.4. The molecule has 0 aromatic heterocycles. The van der Waals surface area contributed by atoms with Gasteiger partial charge in [-0.1, -0.05) is 54.6 Å². The number of hydrogen-bond donors (Lipinski definition) is 1. The monoisotopic (exact) mass is 449 g/mol. The molecule has 0 atom stereocenters. The number of carbonyl (C=O) groups is 1. The lowest BCUT2D eigenvalue weighted by molar-refractivity contribution is 0.119. The van der Waals surface area contributed by atoms with Crippen molar-refractivity contribution in [3.63, 3.8) is 0 Å². The van der Waals surface area contributed by atoms with Gasteiger partial charge < -0.3 is 14.7 Å². The van der Waals surface area contributed by atoms with Crippen LogP contribution in [-0.2, 0) is 17.7 Å². The van der Waals surface area contributed by atoms with Crippen molar-refractivity contribution in [1.29, 1.82) is 0 Å². The highest BCUT2D eigenvalue weighted by atomic mass is 32.2. The third-order valence-corrected chi connectivity index (χ3v) is 6.47. The smallest absolute Gasteiger partial charge is 0.449 e. The number of benzene rings is 3. The number of hydrogen-bond acceptors (Lipinski definition) is 4. The van der Waals surface area contributed by atoms with Crippen LogP contribution in [0, 0.1) is 5.82 Å². The molecule has 0 amide bonds. The van der Waals surface area contributed by atoms with Gasteiger partial charge in [-0.15, -0.1) is 11.8 Å². The summed E-state index contributed by atoms with van der Waals surface area (Å²) < 4.78 is 18.2. The molecule has 0 saturated heterocycles. The molecule has 1 heterocycles. The molecule has 1 aliphatic heterocycles. The average molecular weight is 450 g/mol. The molecule has 4 nitrogen and oxygen atoms in total. The van der Waals surface area contributed by atoms with E-state index in [-0.39, 0.29) is 5.82 Å². The number of aryl methyl sites for hydroxylation is 1. The van der Waals surface area contributed by atoms with Crippen LogP contribution in [0.3, 0.4) is 0 Å². The first-order valence-corrected chi connectivity index (χ1v) is 11.5. The van der Waals surface area contributed by atoms with Gasteiger partial charge in [-0.05, 0) is 64.8 Å². The van der Waals surface area contributed by atoms with E-state index in [1.54, 1.807) is 30.0 Å². The molecule has 0 radical (unpaired) electrons. The van der Waals surface area contributed by atoms with Crippen LogP contribution in [-0.4, -0.2) is 28.5 Å². The van der Waals surface area contributed by atoms with E-state index in [0.29, 0.717) is 18.8 Å². The van der Waals surface area contributed by atoms with E-state index in [1.807, 2.05) is 18.2 Å². The van der Waals surface area contributed by atoms with Gasteiger partial charge in [0.25, 0.3) is 0 Å². The Balaban J connectivity index is 1.46. The van der Waals surface area contributed by atoms with Crippen LogP contribution in [0.4, 0.5) is 9.18 Å². The van der Waals surface area contributed by atoms with E-state index in [4.69, 9.17) is 4.74 Å². The number of rotatable bonds is 8. The molecule has 3 aromatic rings. The Kier molecular flexibility index (Phi) is 7.12. The van der Waals surface area contributed by atoms with Gasteiger partial charge in [0.2, 0.25) is 0 Å². The first-order valence-electron chi connectivity index (χ1n) is 10.5. The topological polar surface area (TPSA) is 49.8 Å². The Morgan fingerprint density at radius 1 is 1.03 bits per heavy atom. The Labute approximate surface area is 191 Å². The average Bonchev–Trinajstić information content (AvgIpc) is 2.79. The van der Waals surface area contributed by atoms with Crippen LogP contribution in [0.5, 0.6) is 0 Å². The first kappa shape index (κ1) is 22.0. The standard InChI is InChI=1S/C26H24FNO3S/c27-23-13-10-19(11-14-23)5-4-16-32-25-24(31-26(29)30)8-3-15-28(25)18-20-9-12-21-6-1-2-7-22(21)17-20/h1-3,6-14,17H,4-5,15-16,18H2,(H,29,30). The van der Waals surface area contributed by atoms with Crippen LogP contribution < -0.4 is 0 Å². The third kappa shape index (κ3) is 5.71. The molecule has 0 unspecified atom stereocenters. The summed E-state index contributed by atoms with van der Waals surface area (Å²) in [6.07, 6.45) is 4.04. The second-order valence-electron chi connectivity index (χ2n) is 7.58. The summed E-state index contributed by atoms with van der Waals surface area (Å²) in [5.74, 6) is 0.916. The highest BCUT2D eigenvalue weighted by molar-refractivity contribution is 8.03. The van der Waals surface area contributed by atoms with Crippen molar-refractivity contribution in [2.75, 3.05) is 12.3 Å². The molecule has 0 aliphatic carbocycles. The minimum atomic E-state index is -1.32. The Hall–Kier alpha value is -3.25. The summed E-state index contributed by atoms with van der Waals surface area (Å²) in [5, 5.41) is 12.4. The third-order valence-electron chi connectivity index (χ3n) is 5.24. The van der Waals surface area contributed by atoms with E-state index < -0.39 is 6.16 Å². The zero-order valence-electron chi connectivity index (χ0n) is 17.5. The molecule has 6 heteroatoms. The Morgan fingerprint density at radius 2 is 1.78 bits per heavy atom. The zero-order valence-corrected chi connectivity index (χ0v) is 18.4. The fourth-order valence-corrected chi connectivity index (χ4v) is 4.78. The summed E-state index contributed by atoms with van der Waals surface area (Å²) in [7, 11) is 0. The van der Waals surface area contributed by atoms with E-state index in [1.165, 1.54) is 22.9 Å². The number of nitrogens with zero attached hydrogens (tertiary/aromatic N) is 1. The molecular weight excluding hydrogens is 425 g/mol. The lowest BCUT2D eigenvalue weighted by Crippen LogP contribution is -2.26. The van der Waals surface area contributed by atoms with Gasteiger partial charge in [-0.3, -0.25) is 0 Å². The molecule has 1 aliphatic rings. The maximum Gasteiger partial charge on any atom is 0.511 e. The molecule has 0 spiro atoms. The number of thioether (sulfide) groups is 1. The number of carboxylic acid groups (broad SMARTS) is 1. The molecule has 0 saturated carbocycles. The second-order valence-corrected chi connectivity index (χ2v) is 8.66. The maximum absolute atomic E-state index is 13.1. The van der Waals surface area contributed by atoms with Gasteiger partial charge >= 0.3 is 6.16 Å². The number of fused-ring (bicyclic) bond motifs is 1. The lowest BCUT2D eigenvalue weighted by atomic mass is 10.1. The van der Waals surface area contributed by atoms with Gasteiger partial charge in [0.15, 0.2) is 5.76 Å². The Bertz CT molecular complexity index is 1160. The number of ether oxygens (including phenoxy) is 1. The highest BCUT2D eigenvalue weighted by Crippen LogP contribution is 2.31. The van der Waals surface area contributed by atoms with E-state index in [2.05, 4.69) is 35.2 Å². The van der Waals surface area contributed by atoms with Gasteiger partial charge in [-0.25, -0.2) is 9.18 Å². The fraction of sp³-hybridized carbons (Fsp3) is 0.192. The molecule has 164 valence electrons. The van der Waals surface area contributed by atoms with E-state index >= 15 is 0 Å². The summed E-state index contributed by atoms with van der Waals surface area (Å²) in [6, 6.07) is 21.2. The van der Waals surface area contributed by atoms with Gasteiger partial charge in [0.1, 0.15) is 10.8 Å². The van der Waals surface area contributed by atoms with Crippen LogP contribution >= 0.6 is 11.8 Å². The maximum atomic E-state index is 13.1. The van der Waals surface area contributed by atoms with Crippen molar-refractivity contribution in [1.82, 2.24) is 4.90 Å². The van der Waals surface area contributed by atoms with Crippen molar-refractivity contribution in [3.05, 3.63) is 107 Å². The molecule has 0 fully saturated rings. The van der Waals surface area contributed by atoms with Gasteiger partial charge in [0, 0.05) is 13.1 Å². The molecule has 3 aromatic carbocycles. The predicted molar refractivity (Wildman–Crippen MR) is 127 cm³/mol. The largest absolute Gasteiger partial charge is 0.511 e. The van der Waals surface area contributed by atoms with Crippen molar-refractivity contribution in [3.8, 4) is 0 Å². The summed E-state index contributed by atoms with van der Waals surface area (Å²) in [6.45, 7) is 1.33. The molecule has 32 heavy (non-hydrogen) atoms. The van der Waals surface area contributed by atoms with E-state index in [0.717, 1.165) is 34.8 Å². The molecule has 4 rings (SSSR count). The number of halogens is 1. The second kappa shape index (κ2) is 10.4. The van der Waals surface area contributed by atoms with Crippen LogP contribution in [0.2, 0.25) is 0 Å². The van der Waals surface area contributed by atoms with Crippen LogP contribution in [0.1, 0.15) is 17.5 Å². The molecular formula is C26H24FNO3S. The van der Waals surface area contributed by atoms with Gasteiger partial charge in [0.05, 0.1) is 0 Å². The fourth-order valence-electron chi connectivity index (χ4n) is 3.72. The zero-order chi connectivity index (χ0) is 22.3. The summed E-state index contributed by atoms with van der Waals surface area (Å²) >= 11 is 1.59. The first-order chi connectivity index (χ1) is 15.6. The van der Waals surface area contributed by atoms with Crippen molar-refractivity contribution < 1.29 is 19.0 Å². The van der Waals surface area contributed by atoms with Crippen molar-refractivity contribution in [2.24, 2.45) is 0 Å².